The number of primary amides is 1. The Balaban J connectivity index is 2.65. The minimum Gasteiger partial charge on any atom is -0.370 e. The van der Waals surface area contributed by atoms with Crippen molar-refractivity contribution in [3.8, 4) is 0 Å². The number of pyridine rings is 1. The first-order valence-electron chi connectivity index (χ1n) is 6.53. The third-order valence-electron chi connectivity index (χ3n) is 2.86. The van der Waals surface area contributed by atoms with Gasteiger partial charge in [0.05, 0.1) is 24.3 Å². The predicted molar refractivity (Wildman–Crippen MR) is 78.2 cm³/mol. The lowest BCUT2D eigenvalue weighted by atomic mass is 10.2. The molecular formula is C13H21N5O2. The summed E-state index contributed by atoms with van der Waals surface area (Å²) in [4.78, 5) is 28.8. The summed E-state index contributed by atoms with van der Waals surface area (Å²) in [7, 11) is 0. The van der Waals surface area contributed by atoms with E-state index >= 15 is 0 Å². The van der Waals surface area contributed by atoms with Crippen LogP contribution in [0.5, 0.6) is 0 Å². The van der Waals surface area contributed by atoms with Gasteiger partial charge >= 0.3 is 0 Å². The van der Waals surface area contributed by atoms with Crippen LogP contribution in [-0.2, 0) is 9.59 Å². The predicted octanol–water partition coefficient (Wildman–Crippen LogP) is 0.0690. The number of nitrogens with two attached hydrogens (primary N) is 2. The van der Waals surface area contributed by atoms with Gasteiger partial charge in [0, 0.05) is 13.1 Å². The molecule has 1 aromatic heterocycles. The van der Waals surface area contributed by atoms with Gasteiger partial charge in [-0.25, -0.2) is 4.98 Å². The highest BCUT2D eigenvalue weighted by molar-refractivity contribution is 5.97. The minimum absolute atomic E-state index is 0.184. The van der Waals surface area contributed by atoms with Crippen molar-refractivity contribution in [2.45, 2.75) is 26.3 Å². The first-order chi connectivity index (χ1) is 9.47. The van der Waals surface area contributed by atoms with Crippen molar-refractivity contribution >= 4 is 23.3 Å². The van der Waals surface area contributed by atoms with E-state index in [0.717, 1.165) is 18.9 Å². The quantitative estimate of drug-likeness (QED) is 0.653. The van der Waals surface area contributed by atoms with Crippen molar-refractivity contribution in [2.24, 2.45) is 11.5 Å². The highest BCUT2D eigenvalue weighted by Crippen LogP contribution is 2.14. The molecule has 0 radical (unpaired) electrons. The average Bonchev–Trinajstić information content (AvgIpc) is 2.41. The van der Waals surface area contributed by atoms with Crippen molar-refractivity contribution in [1.29, 1.82) is 0 Å². The van der Waals surface area contributed by atoms with Crippen LogP contribution in [0.2, 0.25) is 0 Å². The molecule has 1 rings (SSSR count). The van der Waals surface area contributed by atoms with Crippen molar-refractivity contribution in [3.05, 3.63) is 18.3 Å². The Kier molecular flexibility index (Phi) is 5.92. The third-order valence-corrected chi connectivity index (χ3v) is 2.86. The van der Waals surface area contributed by atoms with E-state index < -0.39 is 17.9 Å². The van der Waals surface area contributed by atoms with Crippen LogP contribution in [0.25, 0.3) is 0 Å². The van der Waals surface area contributed by atoms with E-state index in [2.05, 4.69) is 15.2 Å². The van der Waals surface area contributed by atoms with E-state index in [-0.39, 0.29) is 6.42 Å². The molecule has 1 atom stereocenters. The normalized spacial score (nSPS) is 11.8. The molecule has 0 aliphatic rings. The van der Waals surface area contributed by atoms with Gasteiger partial charge < -0.3 is 21.7 Å². The number of aromatic nitrogens is 1. The lowest BCUT2D eigenvalue weighted by molar-refractivity contribution is -0.123. The largest absolute Gasteiger partial charge is 0.370 e. The Morgan fingerprint density at radius 2 is 2.00 bits per heavy atom. The molecular weight excluding hydrogens is 258 g/mol. The fourth-order valence-corrected chi connectivity index (χ4v) is 1.74. The molecule has 1 unspecified atom stereocenters. The summed E-state index contributed by atoms with van der Waals surface area (Å²) < 4.78 is 0. The maximum atomic E-state index is 11.7. The van der Waals surface area contributed by atoms with Gasteiger partial charge in [-0.2, -0.15) is 0 Å². The van der Waals surface area contributed by atoms with Gasteiger partial charge in [-0.15, -0.1) is 0 Å². The van der Waals surface area contributed by atoms with E-state index in [9.17, 15) is 9.59 Å². The molecule has 7 nitrogen and oxygen atoms in total. The second kappa shape index (κ2) is 7.44. The summed E-state index contributed by atoms with van der Waals surface area (Å²) in [5.74, 6) is -0.224. The van der Waals surface area contributed by atoms with Gasteiger partial charge in [0.15, 0.2) is 0 Å². The van der Waals surface area contributed by atoms with Crippen LogP contribution in [0.15, 0.2) is 18.3 Å². The Morgan fingerprint density at radius 3 is 2.45 bits per heavy atom. The van der Waals surface area contributed by atoms with Gasteiger partial charge in [-0.1, -0.05) is 0 Å². The summed E-state index contributed by atoms with van der Waals surface area (Å²) in [5.41, 5.74) is 11.1. The Labute approximate surface area is 118 Å². The molecule has 0 aliphatic heterocycles. The van der Waals surface area contributed by atoms with Crippen LogP contribution in [0, 0.1) is 0 Å². The fraction of sp³-hybridized carbons (Fsp3) is 0.462. The van der Waals surface area contributed by atoms with Gasteiger partial charge in [-0.05, 0) is 26.0 Å². The lowest BCUT2D eigenvalue weighted by Crippen LogP contribution is -2.39. The molecule has 0 spiro atoms. The van der Waals surface area contributed by atoms with Crippen molar-refractivity contribution in [3.63, 3.8) is 0 Å². The summed E-state index contributed by atoms with van der Waals surface area (Å²) in [6.45, 7) is 5.81. The highest BCUT2D eigenvalue weighted by atomic mass is 16.2. The van der Waals surface area contributed by atoms with Crippen LogP contribution < -0.4 is 21.7 Å². The Bertz CT molecular complexity index is 456. The number of carbonyl (C=O) groups is 2. The number of anilines is 2. The van der Waals surface area contributed by atoms with E-state index in [1.807, 2.05) is 19.9 Å². The van der Waals surface area contributed by atoms with Crippen LogP contribution in [0.4, 0.5) is 11.5 Å². The number of carbonyl (C=O) groups excluding carboxylic acids is 2. The maximum absolute atomic E-state index is 11.7. The smallest absolute Gasteiger partial charge is 0.241 e. The number of amides is 2. The topological polar surface area (TPSA) is 114 Å². The Hall–Kier alpha value is -2.15. The highest BCUT2D eigenvalue weighted by Gasteiger charge is 2.16. The lowest BCUT2D eigenvalue weighted by Gasteiger charge is -2.19. The number of hydrogen-bond donors (Lipinski definition) is 3. The van der Waals surface area contributed by atoms with Crippen LogP contribution in [0.1, 0.15) is 20.3 Å². The summed E-state index contributed by atoms with van der Waals surface area (Å²) in [6.07, 6.45) is 1.37. The van der Waals surface area contributed by atoms with E-state index in [1.165, 1.54) is 0 Å². The molecule has 0 aliphatic carbocycles. The van der Waals surface area contributed by atoms with Gasteiger partial charge in [0.2, 0.25) is 11.8 Å². The molecule has 7 heteroatoms. The molecule has 5 N–H and O–H groups in total. The van der Waals surface area contributed by atoms with E-state index in [1.54, 1.807) is 12.3 Å². The van der Waals surface area contributed by atoms with Crippen LogP contribution in [0.3, 0.4) is 0 Å². The fourth-order valence-electron chi connectivity index (χ4n) is 1.74. The minimum atomic E-state index is -0.949. The van der Waals surface area contributed by atoms with Crippen LogP contribution in [-0.4, -0.2) is 35.9 Å². The zero-order valence-electron chi connectivity index (χ0n) is 11.8. The molecule has 20 heavy (non-hydrogen) atoms. The number of rotatable bonds is 7. The summed E-state index contributed by atoms with van der Waals surface area (Å²) in [5, 5.41) is 2.60. The monoisotopic (exact) mass is 279 g/mol. The summed E-state index contributed by atoms with van der Waals surface area (Å²) in [6, 6.07) is 2.62. The molecule has 0 saturated heterocycles. The third kappa shape index (κ3) is 4.51. The van der Waals surface area contributed by atoms with Crippen molar-refractivity contribution in [2.75, 3.05) is 23.3 Å². The Morgan fingerprint density at radius 1 is 1.35 bits per heavy atom. The zero-order valence-corrected chi connectivity index (χ0v) is 11.8. The molecule has 0 aromatic carbocycles. The van der Waals surface area contributed by atoms with Crippen LogP contribution >= 0.6 is 0 Å². The summed E-state index contributed by atoms with van der Waals surface area (Å²) >= 11 is 0. The zero-order chi connectivity index (χ0) is 15.1. The van der Waals surface area contributed by atoms with Crippen molar-refractivity contribution < 1.29 is 9.59 Å². The van der Waals surface area contributed by atoms with E-state index in [0.29, 0.717) is 5.69 Å². The van der Waals surface area contributed by atoms with Gasteiger partial charge in [0.1, 0.15) is 5.82 Å². The molecule has 0 fully saturated rings. The molecule has 0 bridgehead atoms. The molecule has 2 amide bonds. The maximum Gasteiger partial charge on any atom is 0.241 e. The molecule has 1 aromatic rings. The van der Waals surface area contributed by atoms with Gasteiger partial charge in [0.25, 0.3) is 0 Å². The number of nitrogens with one attached hydrogen (secondary N) is 1. The standard InChI is InChI=1S/C13H21N5O2/c1-3-18(4-2)12-6-5-9(8-16-12)17-13(20)10(14)7-11(15)19/h5-6,8,10H,3-4,7,14H2,1-2H3,(H2,15,19)(H,17,20). The first kappa shape index (κ1) is 15.9. The average molecular weight is 279 g/mol. The van der Waals surface area contributed by atoms with E-state index in [4.69, 9.17) is 11.5 Å². The molecule has 1 heterocycles. The van der Waals surface area contributed by atoms with Crippen molar-refractivity contribution in [1.82, 2.24) is 4.98 Å². The first-order valence-corrected chi connectivity index (χ1v) is 6.53. The van der Waals surface area contributed by atoms with Gasteiger partial charge in [-0.3, -0.25) is 9.59 Å². The number of hydrogen-bond acceptors (Lipinski definition) is 5. The second-order valence-corrected chi connectivity index (χ2v) is 4.34. The number of nitrogens with zero attached hydrogens (tertiary/aromatic N) is 2. The second-order valence-electron chi connectivity index (χ2n) is 4.34. The molecule has 0 saturated carbocycles. The SMILES string of the molecule is CCN(CC)c1ccc(NC(=O)C(N)CC(N)=O)cn1. The molecule has 110 valence electrons.